The van der Waals surface area contributed by atoms with Gasteiger partial charge in [-0.15, -0.1) is 0 Å². The molecule has 0 unspecified atom stereocenters. The number of ether oxygens (including phenoxy) is 1. The molecule has 0 atom stereocenters. The predicted octanol–water partition coefficient (Wildman–Crippen LogP) is 3.51. The molecule has 2 N–H and O–H groups in total. The molecule has 1 aromatic carbocycles. The Bertz CT molecular complexity index is 657. The molecule has 7 heteroatoms. The molecular weight excluding hydrogens is 334 g/mol. The zero-order valence-corrected chi connectivity index (χ0v) is 14.5. The van der Waals surface area contributed by atoms with Gasteiger partial charge < -0.3 is 10.1 Å². The lowest BCUT2D eigenvalue weighted by atomic mass is 10.1. The molecule has 1 aromatic rings. The van der Waals surface area contributed by atoms with Crippen molar-refractivity contribution in [3.8, 4) is 0 Å². The topological polar surface area (TPSA) is 62.7 Å². The second kappa shape index (κ2) is 9.76. The lowest BCUT2D eigenvalue weighted by molar-refractivity contribution is 0.112. The Balaban J connectivity index is 2.70. The molecule has 0 aliphatic heterocycles. The number of hydrogen-bond acceptors (Lipinski definition) is 4. The molecule has 0 saturated carbocycles. The van der Waals surface area contributed by atoms with Gasteiger partial charge in [0.05, 0.1) is 11.2 Å². The normalized spacial score (nSPS) is 11.2. The van der Waals surface area contributed by atoms with Gasteiger partial charge in [0.25, 0.3) is 0 Å². The van der Waals surface area contributed by atoms with E-state index in [1.54, 1.807) is 31.2 Å². The SMILES string of the molecule is C=C(OC(/C=N\NC(=S)NCC)=C\C)c1ccc(C=O)c(Cl)c1. The van der Waals surface area contributed by atoms with E-state index in [0.717, 1.165) is 0 Å². The molecule has 0 aromatic heterocycles. The van der Waals surface area contributed by atoms with Crippen LogP contribution in [-0.2, 0) is 4.74 Å². The van der Waals surface area contributed by atoms with Crippen LogP contribution in [0, 0.1) is 0 Å². The number of nitrogens with zero attached hydrogens (tertiary/aromatic N) is 1. The smallest absolute Gasteiger partial charge is 0.186 e. The molecule has 1 rings (SSSR count). The lowest BCUT2D eigenvalue weighted by Gasteiger charge is -2.10. The van der Waals surface area contributed by atoms with Crippen molar-refractivity contribution >= 4 is 47.2 Å². The minimum absolute atomic E-state index is 0.343. The van der Waals surface area contributed by atoms with Gasteiger partial charge in [-0.25, -0.2) is 0 Å². The minimum Gasteiger partial charge on any atom is -0.456 e. The number of carbonyl (C=O) groups excluding carboxylic acids is 1. The molecule has 5 nitrogen and oxygen atoms in total. The van der Waals surface area contributed by atoms with Crippen molar-refractivity contribution in [1.29, 1.82) is 0 Å². The largest absolute Gasteiger partial charge is 0.456 e. The van der Waals surface area contributed by atoms with Gasteiger partial charge in [-0.1, -0.05) is 24.2 Å². The van der Waals surface area contributed by atoms with Crippen LogP contribution >= 0.6 is 23.8 Å². The van der Waals surface area contributed by atoms with Crippen molar-refractivity contribution in [1.82, 2.24) is 10.7 Å². The molecule has 0 saturated heterocycles. The summed E-state index contributed by atoms with van der Waals surface area (Å²) in [5.74, 6) is 0.871. The zero-order chi connectivity index (χ0) is 17.2. The van der Waals surface area contributed by atoms with Crippen molar-refractivity contribution in [2.24, 2.45) is 5.10 Å². The van der Waals surface area contributed by atoms with Crippen molar-refractivity contribution in [3.05, 3.63) is 52.8 Å². The molecule has 0 bridgehead atoms. The van der Waals surface area contributed by atoms with Crippen LogP contribution in [0.1, 0.15) is 29.8 Å². The van der Waals surface area contributed by atoms with E-state index in [9.17, 15) is 4.79 Å². The maximum atomic E-state index is 10.8. The van der Waals surface area contributed by atoms with Crippen LogP contribution in [0.3, 0.4) is 0 Å². The summed E-state index contributed by atoms with van der Waals surface area (Å²) in [6.45, 7) is 8.30. The van der Waals surface area contributed by atoms with Crippen LogP contribution in [0.4, 0.5) is 0 Å². The third-order valence-corrected chi connectivity index (χ3v) is 3.23. The number of hydrogen-bond donors (Lipinski definition) is 2. The second-order valence-corrected chi connectivity index (χ2v) is 5.12. The summed E-state index contributed by atoms with van der Waals surface area (Å²) >= 11 is 11.0. The van der Waals surface area contributed by atoms with Gasteiger partial charge >= 0.3 is 0 Å². The molecule has 0 amide bonds. The highest BCUT2D eigenvalue weighted by Gasteiger charge is 2.06. The molecule has 0 spiro atoms. The van der Waals surface area contributed by atoms with E-state index >= 15 is 0 Å². The van der Waals surface area contributed by atoms with Crippen molar-refractivity contribution in [2.75, 3.05) is 6.54 Å². The molecule has 0 fully saturated rings. The fourth-order valence-corrected chi connectivity index (χ4v) is 1.93. The molecule has 0 aliphatic rings. The molecule has 0 aliphatic carbocycles. The van der Waals surface area contributed by atoms with E-state index in [1.807, 2.05) is 6.92 Å². The highest BCUT2D eigenvalue weighted by Crippen LogP contribution is 2.22. The minimum atomic E-state index is 0.343. The average molecular weight is 352 g/mol. The van der Waals surface area contributed by atoms with Crippen molar-refractivity contribution in [2.45, 2.75) is 13.8 Å². The summed E-state index contributed by atoms with van der Waals surface area (Å²) < 4.78 is 5.62. The molecule has 0 radical (unpaired) electrons. The molecule has 23 heavy (non-hydrogen) atoms. The zero-order valence-electron chi connectivity index (χ0n) is 12.9. The van der Waals surface area contributed by atoms with Gasteiger partial charge in [-0.3, -0.25) is 10.2 Å². The predicted molar refractivity (Wildman–Crippen MR) is 98.6 cm³/mol. The number of nitrogens with one attached hydrogen (secondary N) is 2. The van der Waals surface area contributed by atoms with Crippen LogP contribution in [0.15, 0.2) is 41.7 Å². The summed E-state index contributed by atoms with van der Waals surface area (Å²) in [7, 11) is 0. The van der Waals surface area contributed by atoms with E-state index in [-0.39, 0.29) is 0 Å². The third kappa shape index (κ3) is 6.22. The maximum absolute atomic E-state index is 10.8. The molecule has 0 heterocycles. The summed E-state index contributed by atoms with van der Waals surface area (Å²) in [5, 5.41) is 7.64. The van der Waals surface area contributed by atoms with Gasteiger partial charge in [-0.2, -0.15) is 5.10 Å². The summed E-state index contributed by atoms with van der Waals surface area (Å²) in [4.78, 5) is 10.8. The number of allylic oxidation sites excluding steroid dienone is 2. The number of carbonyl (C=O) groups is 1. The maximum Gasteiger partial charge on any atom is 0.186 e. The fraction of sp³-hybridized carbons (Fsp3) is 0.188. The van der Waals surface area contributed by atoms with Gasteiger partial charge in [0.2, 0.25) is 0 Å². The number of hydrazone groups is 1. The Morgan fingerprint density at radius 3 is 2.83 bits per heavy atom. The van der Waals surface area contributed by atoms with Gasteiger partial charge in [-0.05, 0) is 44.3 Å². The number of aldehydes is 1. The standard InChI is InChI=1S/C16H18ClN3O2S/c1-4-14(9-19-20-16(23)18-5-2)22-11(3)12-6-7-13(10-21)15(17)8-12/h4,6-10H,3,5H2,1-2H3,(H2,18,20,23)/b14-4-,19-9-. The Morgan fingerprint density at radius 2 is 2.26 bits per heavy atom. The Hall–Kier alpha value is -2.18. The molecule has 122 valence electrons. The van der Waals surface area contributed by atoms with E-state index < -0.39 is 0 Å². The van der Waals surface area contributed by atoms with E-state index in [0.29, 0.717) is 45.6 Å². The monoisotopic (exact) mass is 351 g/mol. The van der Waals surface area contributed by atoms with Gasteiger partial charge in [0, 0.05) is 17.7 Å². The number of thiocarbonyl (C=S) groups is 1. The van der Waals surface area contributed by atoms with Crippen LogP contribution in [-0.4, -0.2) is 24.2 Å². The van der Waals surface area contributed by atoms with Gasteiger partial charge in [0.15, 0.2) is 11.4 Å². The first-order chi connectivity index (χ1) is 11.0. The van der Waals surface area contributed by atoms with E-state index in [1.165, 1.54) is 6.21 Å². The Morgan fingerprint density at radius 1 is 1.52 bits per heavy atom. The van der Waals surface area contributed by atoms with Crippen molar-refractivity contribution in [3.63, 3.8) is 0 Å². The van der Waals surface area contributed by atoms with Crippen LogP contribution in [0.25, 0.3) is 5.76 Å². The summed E-state index contributed by atoms with van der Waals surface area (Å²) in [6.07, 6.45) is 3.91. The van der Waals surface area contributed by atoms with Crippen LogP contribution < -0.4 is 10.7 Å². The Labute approximate surface area is 146 Å². The number of benzene rings is 1. The summed E-state index contributed by atoms with van der Waals surface area (Å²) in [5.41, 5.74) is 3.75. The summed E-state index contributed by atoms with van der Waals surface area (Å²) in [6, 6.07) is 4.94. The Kier molecular flexibility index (Phi) is 8.01. The average Bonchev–Trinajstić information content (AvgIpc) is 2.53. The first-order valence-corrected chi connectivity index (χ1v) is 7.65. The van der Waals surface area contributed by atoms with E-state index in [4.69, 9.17) is 28.6 Å². The van der Waals surface area contributed by atoms with Crippen LogP contribution in [0.2, 0.25) is 5.02 Å². The number of halogens is 1. The highest BCUT2D eigenvalue weighted by molar-refractivity contribution is 7.80. The first kappa shape index (κ1) is 18.9. The lowest BCUT2D eigenvalue weighted by Crippen LogP contribution is -2.31. The van der Waals surface area contributed by atoms with Gasteiger partial charge in [0.1, 0.15) is 11.5 Å². The number of rotatable bonds is 7. The first-order valence-electron chi connectivity index (χ1n) is 6.86. The third-order valence-electron chi connectivity index (χ3n) is 2.67. The second-order valence-electron chi connectivity index (χ2n) is 4.30. The molecular formula is C16H18ClN3O2S. The van der Waals surface area contributed by atoms with Crippen LogP contribution in [0.5, 0.6) is 0 Å². The quantitative estimate of drug-likeness (QED) is 0.259. The van der Waals surface area contributed by atoms with E-state index in [2.05, 4.69) is 22.4 Å². The van der Waals surface area contributed by atoms with Crippen molar-refractivity contribution < 1.29 is 9.53 Å². The highest BCUT2D eigenvalue weighted by atomic mass is 35.5. The fourth-order valence-electron chi connectivity index (χ4n) is 1.51.